The summed E-state index contributed by atoms with van der Waals surface area (Å²) in [4.78, 5) is 14.5. The highest BCUT2D eigenvalue weighted by atomic mass is 16.5. The van der Waals surface area contributed by atoms with Crippen molar-refractivity contribution in [3.05, 3.63) is 35.9 Å². The molecular weight excluding hydrogens is 226 g/mol. The van der Waals surface area contributed by atoms with E-state index in [4.69, 9.17) is 4.74 Å². The predicted octanol–water partition coefficient (Wildman–Crippen LogP) is 2.56. The van der Waals surface area contributed by atoms with Crippen LogP contribution in [0.5, 0.6) is 0 Å². The fourth-order valence-electron chi connectivity index (χ4n) is 2.73. The van der Waals surface area contributed by atoms with E-state index in [9.17, 15) is 4.79 Å². The van der Waals surface area contributed by atoms with Crippen molar-refractivity contribution in [1.29, 1.82) is 0 Å². The van der Waals surface area contributed by atoms with Crippen LogP contribution in [0, 0.1) is 0 Å². The number of carbonyl (C=O) groups is 1. The Morgan fingerprint density at radius 2 is 1.78 bits per heavy atom. The molecule has 1 aliphatic rings. The van der Waals surface area contributed by atoms with Gasteiger partial charge < -0.3 is 4.74 Å². The van der Waals surface area contributed by atoms with E-state index in [-0.39, 0.29) is 5.97 Å². The number of hydrogen-bond donors (Lipinski definition) is 0. The molecule has 1 fully saturated rings. The fourth-order valence-corrected chi connectivity index (χ4v) is 2.73. The number of hydrogen-bond acceptors (Lipinski definition) is 3. The highest BCUT2D eigenvalue weighted by Gasteiger charge is 2.42. The summed E-state index contributed by atoms with van der Waals surface area (Å²) in [6.45, 7) is 3.89. The highest BCUT2D eigenvalue weighted by molar-refractivity contribution is 5.82. The average molecular weight is 247 g/mol. The first-order chi connectivity index (χ1) is 8.69. The summed E-state index contributed by atoms with van der Waals surface area (Å²) in [6.07, 6.45) is 3.56. The van der Waals surface area contributed by atoms with Crippen LogP contribution >= 0.6 is 0 Å². The fraction of sp³-hybridized carbons (Fsp3) is 0.533. The van der Waals surface area contributed by atoms with E-state index >= 15 is 0 Å². The van der Waals surface area contributed by atoms with Crippen molar-refractivity contribution in [2.45, 2.75) is 31.7 Å². The van der Waals surface area contributed by atoms with Gasteiger partial charge in [0, 0.05) is 0 Å². The molecule has 1 saturated heterocycles. The van der Waals surface area contributed by atoms with Crippen LogP contribution in [-0.4, -0.2) is 31.1 Å². The minimum Gasteiger partial charge on any atom is -0.467 e. The summed E-state index contributed by atoms with van der Waals surface area (Å²) in [5, 5.41) is 0. The highest BCUT2D eigenvalue weighted by Crippen LogP contribution is 2.32. The largest absolute Gasteiger partial charge is 0.467 e. The Labute approximate surface area is 109 Å². The molecule has 0 N–H and O–H groups in total. The number of piperidine rings is 1. The van der Waals surface area contributed by atoms with E-state index in [0.29, 0.717) is 0 Å². The van der Waals surface area contributed by atoms with Crippen molar-refractivity contribution in [3.8, 4) is 0 Å². The molecule has 0 amide bonds. The second-order valence-corrected chi connectivity index (χ2v) is 4.98. The third-order valence-electron chi connectivity index (χ3n) is 3.91. The summed E-state index contributed by atoms with van der Waals surface area (Å²) >= 11 is 0. The van der Waals surface area contributed by atoms with Crippen molar-refractivity contribution >= 4 is 5.97 Å². The summed E-state index contributed by atoms with van der Waals surface area (Å²) < 4.78 is 5.04. The molecule has 1 aromatic carbocycles. The number of esters is 1. The van der Waals surface area contributed by atoms with E-state index in [1.807, 2.05) is 37.3 Å². The maximum absolute atomic E-state index is 12.3. The Kier molecular flexibility index (Phi) is 4.02. The molecule has 0 aromatic heterocycles. The van der Waals surface area contributed by atoms with E-state index in [1.165, 1.54) is 13.5 Å². The summed E-state index contributed by atoms with van der Waals surface area (Å²) in [5.41, 5.74) is 0.356. The number of rotatable bonds is 3. The van der Waals surface area contributed by atoms with Gasteiger partial charge in [-0.25, -0.2) is 4.79 Å². The van der Waals surface area contributed by atoms with Crippen molar-refractivity contribution in [1.82, 2.24) is 4.90 Å². The van der Waals surface area contributed by atoms with Crippen molar-refractivity contribution < 1.29 is 9.53 Å². The molecule has 0 bridgehead atoms. The van der Waals surface area contributed by atoms with Gasteiger partial charge in [-0.05, 0) is 38.4 Å². The quantitative estimate of drug-likeness (QED) is 0.769. The van der Waals surface area contributed by atoms with Gasteiger partial charge in [-0.2, -0.15) is 0 Å². The molecular formula is C15H21NO2. The van der Waals surface area contributed by atoms with Gasteiger partial charge in [0.05, 0.1) is 7.11 Å². The third-order valence-corrected chi connectivity index (χ3v) is 3.91. The second-order valence-electron chi connectivity index (χ2n) is 4.98. The number of nitrogens with zero attached hydrogens (tertiary/aromatic N) is 1. The smallest absolute Gasteiger partial charge is 0.330 e. The van der Waals surface area contributed by atoms with E-state index in [0.717, 1.165) is 31.5 Å². The molecule has 1 aliphatic heterocycles. The normalized spacial score (nSPS) is 20.1. The molecule has 1 atom stereocenters. The van der Waals surface area contributed by atoms with Crippen molar-refractivity contribution in [2.24, 2.45) is 0 Å². The van der Waals surface area contributed by atoms with Gasteiger partial charge in [0.25, 0.3) is 0 Å². The lowest BCUT2D eigenvalue weighted by Crippen LogP contribution is -2.52. The van der Waals surface area contributed by atoms with Crippen molar-refractivity contribution in [3.63, 3.8) is 0 Å². The summed E-state index contributed by atoms with van der Waals surface area (Å²) in [7, 11) is 1.47. The minimum absolute atomic E-state index is 0.171. The van der Waals surface area contributed by atoms with Crippen LogP contribution in [0.2, 0.25) is 0 Å². The Bertz CT molecular complexity index is 398. The molecule has 3 nitrogen and oxygen atoms in total. The third kappa shape index (κ3) is 2.27. The molecule has 0 radical (unpaired) electrons. The van der Waals surface area contributed by atoms with Gasteiger partial charge in [-0.15, -0.1) is 0 Å². The van der Waals surface area contributed by atoms with Crippen LogP contribution in [0.3, 0.4) is 0 Å². The second kappa shape index (κ2) is 5.53. The molecule has 3 heteroatoms. The zero-order chi connectivity index (χ0) is 13.0. The molecule has 1 aromatic rings. The lowest BCUT2D eigenvalue weighted by molar-refractivity contribution is -0.156. The maximum atomic E-state index is 12.3. The zero-order valence-electron chi connectivity index (χ0n) is 11.2. The molecule has 18 heavy (non-hydrogen) atoms. The molecule has 0 saturated carbocycles. The number of methoxy groups -OCH3 is 1. The van der Waals surface area contributed by atoms with Crippen molar-refractivity contribution in [2.75, 3.05) is 20.2 Å². The molecule has 0 aliphatic carbocycles. The molecule has 2 rings (SSSR count). The Balaban J connectivity index is 2.36. The van der Waals surface area contributed by atoms with Crippen LogP contribution in [0.4, 0.5) is 0 Å². The topological polar surface area (TPSA) is 29.5 Å². The first-order valence-corrected chi connectivity index (χ1v) is 6.58. The Morgan fingerprint density at radius 1 is 1.17 bits per heavy atom. The van der Waals surface area contributed by atoms with E-state index in [1.54, 1.807) is 0 Å². The standard InChI is InChI=1S/C15H21NO2/c1-15(14(17)18-2,13-9-5-3-6-10-13)16-11-7-4-8-12-16/h3,5-6,9-10H,4,7-8,11-12H2,1-2H3/t15-/m1/s1. The SMILES string of the molecule is COC(=O)[C@@](C)(c1ccccc1)N1CCCCC1. The van der Waals surface area contributed by atoms with Crippen LogP contribution in [0.1, 0.15) is 31.7 Å². The van der Waals surface area contributed by atoms with Crippen LogP contribution < -0.4 is 0 Å². The lowest BCUT2D eigenvalue weighted by Gasteiger charge is -2.41. The predicted molar refractivity (Wildman–Crippen MR) is 71.2 cm³/mol. The van der Waals surface area contributed by atoms with Gasteiger partial charge in [0.15, 0.2) is 0 Å². The zero-order valence-corrected chi connectivity index (χ0v) is 11.2. The van der Waals surface area contributed by atoms with Crippen LogP contribution in [-0.2, 0) is 15.1 Å². The van der Waals surface area contributed by atoms with Gasteiger partial charge in [-0.3, -0.25) is 4.90 Å². The van der Waals surface area contributed by atoms with E-state index < -0.39 is 5.54 Å². The molecule has 0 unspecified atom stereocenters. The number of carbonyl (C=O) groups excluding carboxylic acids is 1. The van der Waals surface area contributed by atoms with Crippen LogP contribution in [0.25, 0.3) is 0 Å². The first-order valence-electron chi connectivity index (χ1n) is 6.58. The number of benzene rings is 1. The monoisotopic (exact) mass is 247 g/mol. The number of ether oxygens (including phenoxy) is 1. The van der Waals surface area contributed by atoms with Gasteiger partial charge in [-0.1, -0.05) is 36.8 Å². The molecule has 0 spiro atoms. The van der Waals surface area contributed by atoms with E-state index in [2.05, 4.69) is 4.90 Å². The number of likely N-dealkylation sites (tertiary alicyclic amines) is 1. The Morgan fingerprint density at radius 3 is 2.33 bits per heavy atom. The summed E-state index contributed by atoms with van der Waals surface area (Å²) in [5.74, 6) is -0.171. The van der Waals surface area contributed by atoms with Gasteiger partial charge in [0.2, 0.25) is 0 Å². The van der Waals surface area contributed by atoms with Crippen LogP contribution in [0.15, 0.2) is 30.3 Å². The maximum Gasteiger partial charge on any atom is 0.330 e. The van der Waals surface area contributed by atoms with Gasteiger partial charge in [0.1, 0.15) is 5.54 Å². The Hall–Kier alpha value is -1.35. The minimum atomic E-state index is -0.656. The summed E-state index contributed by atoms with van der Waals surface area (Å²) in [6, 6.07) is 9.93. The average Bonchev–Trinajstić information content (AvgIpc) is 2.47. The lowest BCUT2D eigenvalue weighted by atomic mass is 9.88. The molecule has 98 valence electrons. The van der Waals surface area contributed by atoms with Gasteiger partial charge >= 0.3 is 5.97 Å². The first kappa shape index (κ1) is 13.1. The molecule has 1 heterocycles.